The number of rotatable bonds is 6. The van der Waals surface area contributed by atoms with Crippen molar-refractivity contribution in [1.29, 1.82) is 0 Å². The first kappa shape index (κ1) is 13.9. The molecule has 0 fully saturated rings. The van der Waals surface area contributed by atoms with E-state index in [4.69, 9.17) is 4.84 Å². The van der Waals surface area contributed by atoms with Crippen LogP contribution in [0.5, 0.6) is 0 Å². The molecule has 0 saturated carbocycles. The van der Waals surface area contributed by atoms with Gasteiger partial charge in [0.15, 0.2) is 11.6 Å². The van der Waals surface area contributed by atoms with Crippen molar-refractivity contribution in [2.24, 2.45) is 0 Å². The second kappa shape index (κ2) is 7.24. The molecule has 3 nitrogen and oxygen atoms in total. The van der Waals surface area contributed by atoms with Gasteiger partial charge in [0.25, 0.3) is 0 Å². The molecule has 0 radical (unpaired) electrons. The van der Waals surface area contributed by atoms with Crippen LogP contribution in [0.1, 0.15) is 13.3 Å². The van der Waals surface area contributed by atoms with E-state index in [1.807, 2.05) is 0 Å². The van der Waals surface area contributed by atoms with Crippen LogP contribution in [-0.4, -0.2) is 18.3 Å². The van der Waals surface area contributed by atoms with E-state index in [1.165, 1.54) is 17.8 Å². The molecule has 1 N–H and O–H groups in total. The smallest absolute Gasteiger partial charge is 0.244 e. The fraction of sp³-hybridized carbons (Fsp3) is 0.364. The van der Waals surface area contributed by atoms with Gasteiger partial charge in [-0.05, 0) is 25.1 Å². The summed E-state index contributed by atoms with van der Waals surface area (Å²) in [5.74, 6) is -1.51. The summed E-state index contributed by atoms with van der Waals surface area (Å²) in [7, 11) is 0. The molecule has 0 aliphatic rings. The van der Waals surface area contributed by atoms with Gasteiger partial charge in [0.1, 0.15) is 0 Å². The zero-order chi connectivity index (χ0) is 12.7. The molecule has 6 heteroatoms. The van der Waals surface area contributed by atoms with Gasteiger partial charge in [0.05, 0.1) is 6.61 Å². The lowest BCUT2D eigenvalue weighted by Gasteiger charge is -2.04. The van der Waals surface area contributed by atoms with Gasteiger partial charge in [-0.3, -0.25) is 9.63 Å². The first-order valence-electron chi connectivity index (χ1n) is 5.12. The summed E-state index contributed by atoms with van der Waals surface area (Å²) in [6, 6.07) is 3.65. The summed E-state index contributed by atoms with van der Waals surface area (Å²) < 4.78 is 25.5. The van der Waals surface area contributed by atoms with E-state index >= 15 is 0 Å². The number of hydrogen-bond acceptors (Lipinski definition) is 3. The monoisotopic (exact) mass is 261 g/mol. The van der Waals surface area contributed by atoms with Gasteiger partial charge in [0.2, 0.25) is 5.91 Å². The van der Waals surface area contributed by atoms with E-state index in [1.54, 1.807) is 6.92 Å². The van der Waals surface area contributed by atoms with Crippen molar-refractivity contribution in [2.75, 3.05) is 12.4 Å². The van der Waals surface area contributed by atoms with Crippen LogP contribution < -0.4 is 5.48 Å². The quantitative estimate of drug-likeness (QED) is 0.631. The van der Waals surface area contributed by atoms with Gasteiger partial charge >= 0.3 is 0 Å². The third-order valence-electron chi connectivity index (χ3n) is 1.82. The molecule has 0 spiro atoms. The van der Waals surface area contributed by atoms with Gasteiger partial charge in [-0.1, -0.05) is 0 Å². The normalized spacial score (nSPS) is 10.3. The van der Waals surface area contributed by atoms with Crippen LogP contribution in [0.4, 0.5) is 8.78 Å². The van der Waals surface area contributed by atoms with Crippen LogP contribution in [0.3, 0.4) is 0 Å². The van der Waals surface area contributed by atoms with Crippen LogP contribution >= 0.6 is 11.8 Å². The number of thioether (sulfide) groups is 1. The Morgan fingerprint density at radius 1 is 1.41 bits per heavy atom. The Morgan fingerprint density at radius 2 is 2.18 bits per heavy atom. The number of carbonyl (C=O) groups excluding carboxylic acids is 1. The van der Waals surface area contributed by atoms with Crippen LogP contribution in [0, 0.1) is 11.6 Å². The summed E-state index contributed by atoms with van der Waals surface area (Å²) in [6.45, 7) is 2.17. The van der Waals surface area contributed by atoms with Gasteiger partial charge in [-0.2, -0.15) is 0 Å². The Kier molecular flexibility index (Phi) is 5.93. The summed E-state index contributed by atoms with van der Waals surface area (Å²) in [6.07, 6.45) is 0.254. The van der Waals surface area contributed by atoms with Crippen molar-refractivity contribution >= 4 is 17.7 Å². The molecular weight excluding hydrogens is 248 g/mol. The zero-order valence-corrected chi connectivity index (χ0v) is 10.2. The van der Waals surface area contributed by atoms with E-state index in [9.17, 15) is 13.6 Å². The van der Waals surface area contributed by atoms with Gasteiger partial charge in [0, 0.05) is 17.1 Å². The van der Waals surface area contributed by atoms with Gasteiger partial charge in [-0.25, -0.2) is 14.3 Å². The molecule has 0 saturated heterocycles. The van der Waals surface area contributed by atoms with Crippen molar-refractivity contribution < 1.29 is 18.4 Å². The van der Waals surface area contributed by atoms with Crippen molar-refractivity contribution in [3.8, 4) is 0 Å². The number of hydroxylamine groups is 1. The zero-order valence-electron chi connectivity index (χ0n) is 9.33. The minimum absolute atomic E-state index is 0.234. The molecule has 1 amide bonds. The number of halogens is 2. The maximum Gasteiger partial charge on any atom is 0.244 e. The Balaban J connectivity index is 2.30. The Labute approximate surface area is 102 Å². The maximum absolute atomic E-state index is 12.8. The Hall–Kier alpha value is -1.14. The summed E-state index contributed by atoms with van der Waals surface area (Å²) in [5.41, 5.74) is 2.25. The van der Waals surface area contributed by atoms with E-state index in [0.29, 0.717) is 17.3 Å². The van der Waals surface area contributed by atoms with Crippen molar-refractivity contribution in [3.05, 3.63) is 29.8 Å². The first-order valence-corrected chi connectivity index (χ1v) is 6.10. The number of amides is 1. The Morgan fingerprint density at radius 3 is 2.82 bits per heavy atom. The van der Waals surface area contributed by atoms with Crippen molar-refractivity contribution in [2.45, 2.75) is 18.2 Å². The molecule has 1 aromatic rings. The second-order valence-corrected chi connectivity index (χ2v) is 4.30. The van der Waals surface area contributed by atoms with Crippen LogP contribution in [0.25, 0.3) is 0 Å². The minimum atomic E-state index is -0.881. The van der Waals surface area contributed by atoms with E-state index in [-0.39, 0.29) is 12.3 Å². The average Bonchev–Trinajstić information content (AvgIpc) is 2.31. The summed E-state index contributed by atoms with van der Waals surface area (Å²) in [5, 5.41) is 0. The summed E-state index contributed by atoms with van der Waals surface area (Å²) in [4.78, 5) is 16.4. The topological polar surface area (TPSA) is 38.3 Å². The lowest BCUT2D eigenvalue weighted by Crippen LogP contribution is -2.23. The molecule has 0 heterocycles. The SMILES string of the molecule is CCONC(=O)CCSc1ccc(F)c(F)c1. The average molecular weight is 261 g/mol. The van der Waals surface area contributed by atoms with E-state index < -0.39 is 11.6 Å². The van der Waals surface area contributed by atoms with Crippen molar-refractivity contribution in [3.63, 3.8) is 0 Å². The van der Waals surface area contributed by atoms with E-state index in [0.717, 1.165) is 12.1 Å². The van der Waals surface area contributed by atoms with Crippen LogP contribution in [-0.2, 0) is 9.63 Å². The van der Waals surface area contributed by atoms with Gasteiger partial charge in [-0.15, -0.1) is 11.8 Å². The fourth-order valence-electron chi connectivity index (χ4n) is 1.03. The number of hydrogen-bond donors (Lipinski definition) is 1. The number of nitrogens with one attached hydrogen (secondary N) is 1. The minimum Gasteiger partial charge on any atom is -0.274 e. The molecule has 0 aromatic heterocycles. The molecule has 0 bridgehead atoms. The van der Waals surface area contributed by atoms with Crippen LogP contribution in [0.2, 0.25) is 0 Å². The second-order valence-electron chi connectivity index (χ2n) is 3.13. The molecule has 0 atom stereocenters. The molecule has 17 heavy (non-hydrogen) atoms. The predicted octanol–water partition coefficient (Wildman–Crippen LogP) is 2.51. The van der Waals surface area contributed by atoms with Crippen molar-refractivity contribution in [1.82, 2.24) is 5.48 Å². The molecule has 1 aromatic carbocycles. The molecular formula is C11H13F2NO2S. The molecule has 1 rings (SSSR count). The van der Waals surface area contributed by atoms with E-state index in [2.05, 4.69) is 5.48 Å². The summed E-state index contributed by atoms with van der Waals surface area (Å²) >= 11 is 1.28. The standard InChI is InChI=1S/C11H13F2NO2S/c1-2-16-14-11(15)5-6-17-8-3-4-9(12)10(13)7-8/h3-4,7H,2,5-6H2,1H3,(H,14,15). The highest BCUT2D eigenvalue weighted by Crippen LogP contribution is 2.20. The molecule has 0 unspecified atom stereocenters. The molecule has 0 aliphatic carbocycles. The molecule has 0 aliphatic heterocycles. The first-order chi connectivity index (χ1) is 8.13. The van der Waals surface area contributed by atoms with Gasteiger partial charge < -0.3 is 0 Å². The maximum atomic E-state index is 12.8. The lowest BCUT2D eigenvalue weighted by molar-refractivity contribution is -0.132. The Bertz CT molecular complexity index is 388. The largest absolute Gasteiger partial charge is 0.274 e. The number of carbonyl (C=O) groups is 1. The predicted molar refractivity (Wildman–Crippen MR) is 61.5 cm³/mol. The third kappa shape index (κ3) is 5.14. The lowest BCUT2D eigenvalue weighted by atomic mass is 10.3. The highest BCUT2D eigenvalue weighted by atomic mass is 32.2. The molecule has 94 valence electrons. The highest BCUT2D eigenvalue weighted by molar-refractivity contribution is 7.99. The highest BCUT2D eigenvalue weighted by Gasteiger charge is 2.05. The number of benzene rings is 1. The third-order valence-corrected chi connectivity index (χ3v) is 2.81. The fourth-order valence-corrected chi connectivity index (χ4v) is 1.91. The van der Waals surface area contributed by atoms with Crippen LogP contribution in [0.15, 0.2) is 23.1 Å².